The average molecular weight is 345 g/mol. The fourth-order valence-corrected chi connectivity index (χ4v) is 2.05. The molecule has 0 aromatic heterocycles. The maximum atomic E-state index is 13.5. The number of carbonyl (C=O) groups is 1. The molecule has 3 N–H and O–H groups in total. The van der Waals surface area contributed by atoms with Gasteiger partial charge in [-0.3, -0.25) is 0 Å². The molecule has 2 aromatic rings. The van der Waals surface area contributed by atoms with E-state index < -0.39 is 41.7 Å². The number of hydrogen-bond acceptors (Lipinski definition) is 2. The van der Waals surface area contributed by atoms with Crippen molar-refractivity contribution < 1.29 is 23.1 Å². The summed E-state index contributed by atoms with van der Waals surface area (Å²) in [6, 6.07) is 5.85. The fraction of sp³-hybridized carbons (Fsp3) is 0.133. The molecule has 0 saturated carbocycles. The predicted molar refractivity (Wildman–Crippen MR) is 79.7 cm³/mol. The zero-order valence-corrected chi connectivity index (χ0v) is 12.4. The number of benzene rings is 2. The first-order valence-corrected chi connectivity index (χ1v) is 6.88. The van der Waals surface area contributed by atoms with E-state index in [4.69, 9.17) is 11.6 Å². The number of aliphatic hydroxyl groups excluding tert-OH is 1. The third-order valence-corrected chi connectivity index (χ3v) is 3.20. The SMILES string of the molecule is O=C(NCC(O)c1c(F)cccc1F)Nc1cc(Cl)ccc1F. The van der Waals surface area contributed by atoms with Crippen molar-refractivity contribution >= 4 is 23.3 Å². The quantitative estimate of drug-likeness (QED) is 0.793. The van der Waals surface area contributed by atoms with Gasteiger partial charge in [0, 0.05) is 11.6 Å². The van der Waals surface area contributed by atoms with Crippen LogP contribution in [0.2, 0.25) is 5.02 Å². The van der Waals surface area contributed by atoms with Crippen molar-refractivity contribution in [3.05, 3.63) is 64.4 Å². The van der Waals surface area contributed by atoms with E-state index in [1.165, 1.54) is 12.1 Å². The van der Waals surface area contributed by atoms with Gasteiger partial charge in [-0.2, -0.15) is 0 Å². The average Bonchev–Trinajstić information content (AvgIpc) is 2.49. The first-order chi connectivity index (χ1) is 10.9. The molecule has 0 saturated heterocycles. The normalized spacial score (nSPS) is 11.9. The van der Waals surface area contributed by atoms with Crippen LogP contribution in [-0.4, -0.2) is 17.7 Å². The van der Waals surface area contributed by atoms with Crippen LogP contribution in [0, 0.1) is 17.5 Å². The molecule has 0 bridgehead atoms. The van der Waals surface area contributed by atoms with Gasteiger partial charge in [-0.25, -0.2) is 18.0 Å². The lowest BCUT2D eigenvalue weighted by atomic mass is 10.1. The number of anilines is 1. The van der Waals surface area contributed by atoms with Crippen LogP contribution in [0.15, 0.2) is 36.4 Å². The summed E-state index contributed by atoms with van der Waals surface area (Å²) in [4.78, 5) is 11.7. The second-order valence-electron chi connectivity index (χ2n) is 4.61. The van der Waals surface area contributed by atoms with Crippen LogP contribution in [0.1, 0.15) is 11.7 Å². The topological polar surface area (TPSA) is 61.4 Å². The van der Waals surface area contributed by atoms with E-state index in [9.17, 15) is 23.1 Å². The molecule has 1 atom stereocenters. The van der Waals surface area contributed by atoms with Crippen LogP contribution in [0.4, 0.5) is 23.7 Å². The Morgan fingerprint density at radius 3 is 2.43 bits per heavy atom. The monoisotopic (exact) mass is 344 g/mol. The Kier molecular flexibility index (Phi) is 5.46. The van der Waals surface area contributed by atoms with Crippen molar-refractivity contribution in [2.75, 3.05) is 11.9 Å². The van der Waals surface area contributed by atoms with Crippen molar-refractivity contribution in [3.8, 4) is 0 Å². The summed E-state index contributed by atoms with van der Waals surface area (Å²) in [7, 11) is 0. The van der Waals surface area contributed by atoms with Crippen molar-refractivity contribution in [1.82, 2.24) is 5.32 Å². The van der Waals surface area contributed by atoms with Crippen LogP contribution in [0.3, 0.4) is 0 Å². The Morgan fingerprint density at radius 2 is 1.78 bits per heavy atom. The molecule has 0 aliphatic carbocycles. The molecule has 2 amide bonds. The number of amides is 2. The highest BCUT2D eigenvalue weighted by Crippen LogP contribution is 2.21. The van der Waals surface area contributed by atoms with E-state index in [2.05, 4.69) is 10.6 Å². The minimum atomic E-state index is -1.59. The van der Waals surface area contributed by atoms with Gasteiger partial charge in [-0.15, -0.1) is 0 Å². The third-order valence-electron chi connectivity index (χ3n) is 2.97. The molecular weight excluding hydrogens is 333 g/mol. The van der Waals surface area contributed by atoms with Crippen LogP contribution in [0.25, 0.3) is 0 Å². The molecule has 23 heavy (non-hydrogen) atoms. The highest BCUT2D eigenvalue weighted by atomic mass is 35.5. The van der Waals surface area contributed by atoms with Gasteiger partial charge in [0.1, 0.15) is 23.6 Å². The van der Waals surface area contributed by atoms with E-state index in [-0.39, 0.29) is 10.7 Å². The number of urea groups is 1. The van der Waals surface area contributed by atoms with Crippen LogP contribution in [-0.2, 0) is 0 Å². The lowest BCUT2D eigenvalue weighted by Crippen LogP contribution is -2.33. The molecule has 0 aliphatic rings. The fourth-order valence-electron chi connectivity index (χ4n) is 1.88. The van der Waals surface area contributed by atoms with E-state index in [0.717, 1.165) is 24.3 Å². The highest BCUT2D eigenvalue weighted by Gasteiger charge is 2.18. The molecule has 0 fully saturated rings. The molecule has 2 aromatic carbocycles. The minimum Gasteiger partial charge on any atom is -0.386 e. The summed E-state index contributed by atoms with van der Waals surface area (Å²) in [6.07, 6.45) is -1.59. The summed E-state index contributed by atoms with van der Waals surface area (Å²) < 4.78 is 40.4. The van der Waals surface area contributed by atoms with Gasteiger partial charge in [0.05, 0.1) is 11.3 Å². The van der Waals surface area contributed by atoms with Gasteiger partial charge >= 0.3 is 6.03 Å². The zero-order chi connectivity index (χ0) is 17.0. The maximum Gasteiger partial charge on any atom is 0.319 e. The zero-order valence-electron chi connectivity index (χ0n) is 11.6. The van der Waals surface area contributed by atoms with E-state index in [1.807, 2.05) is 0 Å². The number of aliphatic hydroxyl groups is 1. The Balaban J connectivity index is 1.98. The third kappa shape index (κ3) is 4.37. The second-order valence-corrected chi connectivity index (χ2v) is 5.05. The van der Waals surface area contributed by atoms with E-state index in [0.29, 0.717) is 0 Å². The molecule has 0 heterocycles. The van der Waals surface area contributed by atoms with Gasteiger partial charge in [0.15, 0.2) is 0 Å². The van der Waals surface area contributed by atoms with Crippen LogP contribution >= 0.6 is 11.6 Å². The highest BCUT2D eigenvalue weighted by molar-refractivity contribution is 6.30. The molecule has 0 radical (unpaired) electrons. The summed E-state index contributed by atoms with van der Waals surface area (Å²) in [5, 5.41) is 14.4. The lowest BCUT2D eigenvalue weighted by Gasteiger charge is -2.14. The van der Waals surface area contributed by atoms with Crippen molar-refractivity contribution in [2.45, 2.75) is 6.10 Å². The Morgan fingerprint density at radius 1 is 1.13 bits per heavy atom. The molecule has 2 rings (SSSR count). The lowest BCUT2D eigenvalue weighted by molar-refractivity contribution is 0.166. The van der Waals surface area contributed by atoms with Crippen LogP contribution < -0.4 is 10.6 Å². The first kappa shape index (κ1) is 17.1. The summed E-state index contributed by atoms with van der Waals surface area (Å²) in [6.45, 7) is -0.466. The number of hydrogen-bond donors (Lipinski definition) is 3. The maximum absolute atomic E-state index is 13.5. The van der Waals surface area contributed by atoms with Crippen molar-refractivity contribution in [1.29, 1.82) is 0 Å². The summed E-state index contributed by atoms with van der Waals surface area (Å²) >= 11 is 5.68. The van der Waals surface area contributed by atoms with Crippen LogP contribution in [0.5, 0.6) is 0 Å². The molecule has 122 valence electrons. The van der Waals surface area contributed by atoms with Crippen molar-refractivity contribution in [2.24, 2.45) is 0 Å². The van der Waals surface area contributed by atoms with Crippen molar-refractivity contribution in [3.63, 3.8) is 0 Å². The first-order valence-electron chi connectivity index (χ1n) is 6.50. The summed E-state index contributed by atoms with van der Waals surface area (Å²) in [5.74, 6) is -2.56. The molecule has 0 spiro atoms. The Hall–Kier alpha value is -2.25. The molecule has 1 unspecified atom stereocenters. The molecule has 8 heteroatoms. The smallest absolute Gasteiger partial charge is 0.319 e. The molecule has 4 nitrogen and oxygen atoms in total. The number of nitrogens with one attached hydrogen (secondary N) is 2. The number of halogens is 4. The largest absolute Gasteiger partial charge is 0.386 e. The Bertz CT molecular complexity index is 708. The van der Waals surface area contributed by atoms with Gasteiger partial charge in [0.2, 0.25) is 0 Å². The second kappa shape index (κ2) is 7.34. The number of rotatable bonds is 4. The van der Waals surface area contributed by atoms with E-state index in [1.54, 1.807) is 0 Å². The summed E-state index contributed by atoms with van der Waals surface area (Å²) in [5.41, 5.74) is -0.719. The van der Waals surface area contributed by atoms with Gasteiger partial charge < -0.3 is 15.7 Å². The number of carbonyl (C=O) groups excluding carboxylic acids is 1. The van der Waals surface area contributed by atoms with E-state index >= 15 is 0 Å². The molecule has 0 aliphatic heterocycles. The van der Waals surface area contributed by atoms with Gasteiger partial charge in [0.25, 0.3) is 0 Å². The molecular formula is C15H12ClF3N2O2. The standard InChI is InChI=1S/C15H12ClF3N2O2/c16-8-4-5-9(17)12(6-8)21-15(23)20-7-13(22)14-10(18)2-1-3-11(14)19/h1-6,13,22H,7H2,(H2,20,21,23). The van der Waals surface area contributed by atoms with Gasteiger partial charge in [-0.1, -0.05) is 17.7 Å². The minimum absolute atomic E-state index is 0.165. The predicted octanol–water partition coefficient (Wildman–Crippen LogP) is 3.61. The Labute approximate surface area is 134 Å². The van der Waals surface area contributed by atoms with Gasteiger partial charge in [-0.05, 0) is 30.3 Å².